The summed E-state index contributed by atoms with van der Waals surface area (Å²) in [6, 6.07) is 10.00. The quantitative estimate of drug-likeness (QED) is 0.530. The summed E-state index contributed by atoms with van der Waals surface area (Å²) in [4.78, 5) is 39.9. The molecule has 0 radical (unpaired) electrons. The lowest BCUT2D eigenvalue weighted by atomic mass is 9.65. The van der Waals surface area contributed by atoms with Crippen molar-refractivity contribution in [3.05, 3.63) is 59.2 Å². The first-order valence-electron chi connectivity index (χ1n) is 11.4. The minimum absolute atomic E-state index is 0.0180. The lowest BCUT2D eigenvalue weighted by molar-refractivity contribution is -0.135. The number of hydrogen-bond donors (Lipinski definition) is 0. The number of sulfone groups is 1. The highest BCUT2D eigenvalue weighted by Gasteiger charge is 2.51. The average Bonchev–Trinajstić information content (AvgIpc) is 3.04. The largest absolute Gasteiger partial charge is 0.452 e. The first-order chi connectivity index (χ1) is 15.9. The zero-order valence-electron chi connectivity index (χ0n) is 19.5. The summed E-state index contributed by atoms with van der Waals surface area (Å²) in [6.07, 6.45) is 2.92. The van der Waals surface area contributed by atoms with Crippen molar-refractivity contribution in [3.63, 3.8) is 0 Å². The van der Waals surface area contributed by atoms with Gasteiger partial charge >= 0.3 is 5.97 Å². The van der Waals surface area contributed by atoms with Gasteiger partial charge in [-0.05, 0) is 60.4 Å². The summed E-state index contributed by atoms with van der Waals surface area (Å²) in [5.41, 5.74) is 0.348. The predicted molar refractivity (Wildman–Crippen MR) is 123 cm³/mol. The molecule has 2 heterocycles. The number of ether oxygens (including phenoxy) is 1. The van der Waals surface area contributed by atoms with E-state index in [0.717, 1.165) is 25.3 Å². The summed E-state index contributed by atoms with van der Waals surface area (Å²) in [6.45, 7) is 6.89. The molecule has 2 atom stereocenters. The van der Waals surface area contributed by atoms with Crippen molar-refractivity contribution >= 4 is 27.5 Å². The molecule has 1 aliphatic carbocycles. The number of carbonyl (C=O) groups is 3. The van der Waals surface area contributed by atoms with Crippen LogP contribution in [0.15, 0.2) is 52.3 Å². The maximum Gasteiger partial charge on any atom is 0.338 e. The van der Waals surface area contributed by atoms with Crippen LogP contribution in [0.2, 0.25) is 0 Å². The molecule has 3 aliphatic rings. The van der Waals surface area contributed by atoms with Gasteiger partial charge in [-0.2, -0.15) is 0 Å². The summed E-state index contributed by atoms with van der Waals surface area (Å²) in [5.74, 6) is -1.45. The molecule has 1 saturated carbocycles. The SMILES string of the molecule is CC1(C)C[C@H]2C[C@@](C)(CN2C(=O)COC(=O)c2ccc3c(c2)S(=O)(=O)c2ccccc2C3=O)C1. The van der Waals surface area contributed by atoms with Gasteiger partial charge in [0.2, 0.25) is 9.84 Å². The van der Waals surface area contributed by atoms with Gasteiger partial charge in [-0.1, -0.05) is 32.9 Å². The maximum absolute atomic E-state index is 13.1. The summed E-state index contributed by atoms with van der Waals surface area (Å²) in [7, 11) is -3.97. The van der Waals surface area contributed by atoms with Gasteiger partial charge in [-0.15, -0.1) is 0 Å². The number of nitrogens with zero attached hydrogens (tertiary/aromatic N) is 1. The molecule has 1 amide bonds. The van der Waals surface area contributed by atoms with E-state index in [1.165, 1.54) is 24.3 Å². The number of esters is 1. The molecule has 2 fully saturated rings. The van der Waals surface area contributed by atoms with Gasteiger partial charge in [0, 0.05) is 23.7 Å². The highest BCUT2D eigenvalue weighted by molar-refractivity contribution is 7.91. The third-order valence-corrected chi connectivity index (χ3v) is 9.09. The molecular formula is C26H27NO6S. The normalized spacial score (nSPS) is 25.9. The fourth-order valence-electron chi connectivity index (χ4n) is 6.26. The second kappa shape index (κ2) is 7.50. The van der Waals surface area contributed by atoms with Crippen molar-refractivity contribution in [2.24, 2.45) is 10.8 Å². The summed E-state index contributed by atoms with van der Waals surface area (Å²) >= 11 is 0. The van der Waals surface area contributed by atoms with Crippen LogP contribution < -0.4 is 0 Å². The Bertz CT molecular complexity index is 1340. The van der Waals surface area contributed by atoms with Crippen LogP contribution >= 0.6 is 0 Å². The molecule has 0 unspecified atom stereocenters. The molecular weight excluding hydrogens is 454 g/mol. The zero-order chi connectivity index (χ0) is 24.5. The van der Waals surface area contributed by atoms with Gasteiger partial charge in [-0.25, -0.2) is 13.2 Å². The van der Waals surface area contributed by atoms with Gasteiger partial charge in [0.15, 0.2) is 12.4 Å². The van der Waals surface area contributed by atoms with E-state index in [0.29, 0.717) is 6.54 Å². The molecule has 34 heavy (non-hydrogen) atoms. The van der Waals surface area contributed by atoms with E-state index < -0.39 is 28.2 Å². The van der Waals surface area contributed by atoms with Crippen LogP contribution in [0.4, 0.5) is 0 Å². The van der Waals surface area contributed by atoms with E-state index in [-0.39, 0.29) is 49.3 Å². The second-order valence-corrected chi connectivity index (χ2v) is 12.7. The van der Waals surface area contributed by atoms with Gasteiger partial charge in [0.05, 0.1) is 15.4 Å². The van der Waals surface area contributed by atoms with Gasteiger partial charge < -0.3 is 9.64 Å². The highest BCUT2D eigenvalue weighted by atomic mass is 32.2. The molecule has 0 aromatic heterocycles. The monoisotopic (exact) mass is 481 g/mol. The summed E-state index contributed by atoms with van der Waals surface area (Å²) < 4.78 is 31.4. The fourth-order valence-corrected chi connectivity index (χ4v) is 7.93. The van der Waals surface area contributed by atoms with Crippen LogP contribution in [-0.4, -0.2) is 50.2 Å². The Kier molecular flexibility index (Phi) is 5.02. The van der Waals surface area contributed by atoms with E-state index in [4.69, 9.17) is 4.74 Å². The number of hydrogen-bond acceptors (Lipinski definition) is 6. The maximum atomic E-state index is 13.1. The van der Waals surface area contributed by atoms with Crippen LogP contribution in [0.3, 0.4) is 0 Å². The van der Waals surface area contributed by atoms with Crippen LogP contribution in [0.1, 0.15) is 66.3 Å². The summed E-state index contributed by atoms with van der Waals surface area (Å²) in [5, 5.41) is 0. The minimum Gasteiger partial charge on any atom is -0.452 e. The average molecular weight is 482 g/mol. The van der Waals surface area contributed by atoms with E-state index in [1.807, 2.05) is 4.90 Å². The molecule has 178 valence electrons. The Balaban J connectivity index is 1.33. The molecule has 2 aromatic carbocycles. The molecule has 2 aromatic rings. The lowest BCUT2D eigenvalue weighted by Gasteiger charge is -2.39. The third kappa shape index (κ3) is 3.64. The second-order valence-electron chi connectivity index (χ2n) is 10.9. The number of benzene rings is 2. The first kappa shape index (κ1) is 22.8. The zero-order valence-corrected chi connectivity index (χ0v) is 20.3. The van der Waals surface area contributed by atoms with Crippen molar-refractivity contribution in [1.82, 2.24) is 4.90 Å². The van der Waals surface area contributed by atoms with E-state index >= 15 is 0 Å². The Morgan fingerprint density at radius 1 is 1.03 bits per heavy atom. The molecule has 8 heteroatoms. The lowest BCUT2D eigenvalue weighted by Crippen LogP contribution is -2.39. The van der Waals surface area contributed by atoms with Gasteiger partial charge in [0.25, 0.3) is 5.91 Å². The van der Waals surface area contributed by atoms with Crippen molar-refractivity contribution in [2.75, 3.05) is 13.2 Å². The van der Waals surface area contributed by atoms with E-state index in [2.05, 4.69) is 20.8 Å². The Labute approximate surface area is 199 Å². The number of ketones is 1. The Hall–Kier alpha value is -3.00. The van der Waals surface area contributed by atoms with Gasteiger partial charge in [0.1, 0.15) is 0 Å². The number of amides is 1. The Morgan fingerprint density at radius 2 is 1.74 bits per heavy atom. The number of fused-ring (bicyclic) bond motifs is 4. The Morgan fingerprint density at radius 3 is 2.50 bits per heavy atom. The van der Waals surface area contributed by atoms with Crippen molar-refractivity contribution < 1.29 is 27.5 Å². The highest BCUT2D eigenvalue weighted by Crippen LogP contribution is 2.52. The van der Waals surface area contributed by atoms with E-state index in [1.54, 1.807) is 12.1 Å². The number of carbonyl (C=O) groups excluding carboxylic acids is 3. The molecule has 2 bridgehead atoms. The smallest absolute Gasteiger partial charge is 0.338 e. The van der Waals surface area contributed by atoms with Crippen molar-refractivity contribution in [1.29, 1.82) is 0 Å². The molecule has 0 spiro atoms. The third-order valence-electron chi connectivity index (χ3n) is 7.23. The number of rotatable bonds is 3. The molecule has 5 rings (SSSR count). The van der Waals surface area contributed by atoms with Crippen LogP contribution in [-0.2, 0) is 19.4 Å². The van der Waals surface area contributed by atoms with Crippen LogP contribution in [0.5, 0.6) is 0 Å². The van der Waals surface area contributed by atoms with Crippen molar-refractivity contribution in [3.8, 4) is 0 Å². The standard InChI is InChI=1S/C26H27NO6S/c1-25(2)11-17-12-26(3,14-25)15-27(17)22(28)13-33-24(30)16-8-9-19-21(10-16)34(31,32)20-7-5-4-6-18(20)23(19)29/h4-10,17H,11-15H2,1-3H3/t17-,26+/m0/s1. The molecule has 2 aliphatic heterocycles. The minimum atomic E-state index is -3.97. The van der Waals surface area contributed by atoms with E-state index in [9.17, 15) is 22.8 Å². The fraction of sp³-hybridized carbons (Fsp3) is 0.423. The van der Waals surface area contributed by atoms with Crippen LogP contribution in [0.25, 0.3) is 0 Å². The topological polar surface area (TPSA) is 97.8 Å². The molecule has 1 saturated heterocycles. The van der Waals surface area contributed by atoms with Gasteiger partial charge in [-0.3, -0.25) is 9.59 Å². The first-order valence-corrected chi connectivity index (χ1v) is 12.9. The molecule has 7 nitrogen and oxygen atoms in total. The number of likely N-dealkylation sites (tertiary alicyclic amines) is 1. The predicted octanol–water partition coefficient (Wildman–Crippen LogP) is 3.65. The van der Waals surface area contributed by atoms with Crippen molar-refractivity contribution in [2.45, 2.75) is 55.9 Å². The molecule has 0 N–H and O–H groups in total. The van der Waals surface area contributed by atoms with Crippen LogP contribution in [0, 0.1) is 10.8 Å².